The first-order valence-electron chi connectivity index (χ1n) is 10.8. The molecule has 31 heavy (non-hydrogen) atoms. The van der Waals surface area contributed by atoms with Gasteiger partial charge in [0.1, 0.15) is 6.23 Å². The predicted molar refractivity (Wildman–Crippen MR) is 124 cm³/mol. The van der Waals surface area contributed by atoms with E-state index in [1.807, 2.05) is 74.3 Å². The zero-order chi connectivity index (χ0) is 22.8. The molecule has 2 atom stereocenters. The Morgan fingerprint density at radius 2 is 1.87 bits per heavy atom. The Hall–Kier alpha value is -2.70. The molecule has 2 aromatic carbocycles. The van der Waals surface area contributed by atoms with Crippen molar-refractivity contribution >= 4 is 11.9 Å². The summed E-state index contributed by atoms with van der Waals surface area (Å²) in [5.74, 6) is 0.460. The van der Waals surface area contributed by atoms with E-state index >= 15 is 0 Å². The van der Waals surface area contributed by atoms with Crippen LogP contribution in [0.1, 0.15) is 55.7 Å². The van der Waals surface area contributed by atoms with Crippen molar-refractivity contribution in [2.24, 2.45) is 16.6 Å². The van der Waals surface area contributed by atoms with E-state index in [0.717, 1.165) is 22.3 Å². The van der Waals surface area contributed by atoms with Crippen LogP contribution in [0, 0.1) is 12.8 Å². The van der Waals surface area contributed by atoms with Crippen LogP contribution < -0.4 is 5.73 Å². The SMILES string of the molecule is Cc1ccc(CN2C(=O)CC(C)(C(C)C)N=C2N)cc1C(O)N(C)Cc1ccccc1. The van der Waals surface area contributed by atoms with Crippen LogP contribution in [0.5, 0.6) is 0 Å². The second-order valence-electron chi connectivity index (χ2n) is 9.10. The summed E-state index contributed by atoms with van der Waals surface area (Å²) in [4.78, 5) is 20.9. The Morgan fingerprint density at radius 3 is 2.48 bits per heavy atom. The van der Waals surface area contributed by atoms with Gasteiger partial charge in [-0.1, -0.05) is 56.3 Å². The van der Waals surface area contributed by atoms with Crippen LogP contribution in [-0.2, 0) is 17.9 Å². The van der Waals surface area contributed by atoms with Crippen molar-refractivity contribution in [1.29, 1.82) is 0 Å². The molecule has 0 bridgehead atoms. The van der Waals surface area contributed by atoms with Crippen molar-refractivity contribution < 1.29 is 9.90 Å². The van der Waals surface area contributed by atoms with Gasteiger partial charge in [0.2, 0.25) is 5.91 Å². The highest BCUT2D eigenvalue weighted by molar-refractivity contribution is 5.99. The van der Waals surface area contributed by atoms with Gasteiger partial charge in [0, 0.05) is 6.54 Å². The van der Waals surface area contributed by atoms with Gasteiger partial charge in [-0.05, 0) is 55.1 Å². The smallest absolute Gasteiger partial charge is 0.232 e. The molecule has 6 nitrogen and oxygen atoms in total. The minimum Gasteiger partial charge on any atom is -0.374 e. The molecule has 1 aliphatic heterocycles. The third-order valence-corrected chi connectivity index (χ3v) is 6.36. The van der Waals surface area contributed by atoms with E-state index in [4.69, 9.17) is 5.73 Å². The highest BCUT2D eigenvalue weighted by Crippen LogP contribution is 2.31. The Balaban J connectivity index is 1.79. The average Bonchev–Trinajstić information content (AvgIpc) is 2.72. The number of rotatable bonds is 7. The lowest BCUT2D eigenvalue weighted by Gasteiger charge is -2.37. The standard InChI is InChI=1S/C25H34N4O2/c1-17(2)25(4)14-22(30)29(24(26)27-25)16-20-12-11-18(3)21(13-20)23(31)28(5)15-19-9-7-6-8-10-19/h6-13,17,23,31H,14-16H2,1-5H3,(H2,26,27). The van der Waals surface area contributed by atoms with Crippen LogP contribution in [0.2, 0.25) is 0 Å². The Kier molecular flexibility index (Phi) is 6.82. The minimum absolute atomic E-state index is 0.0208. The molecule has 0 aliphatic carbocycles. The summed E-state index contributed by atoms with van der Waals surface area (Å²) < 4.78 is 0. The zero-order valence-electron chi connectivity index (χ0n) is 19.2. The second kappa shape index (κ2) is 9.20. The van der Waals surface area contributed by atoms with Crippen LogP contribution >= 0.6 is 0 Å². The molecular formula is C25H34N4O2. The normalized spacial score (nSPS) is 20.3. The quantitative estimate of drug-likeness (QED) is 0.668. The molecule has 1 amide bonds. The van der Waals surface area contributed by atoms with Gasteiger partial charge in [-0.25, -0.2) is 4.99 Å². The maximum absolute atomic E-state index is 12.8. The van der Waals surface area contributed by atoms with Crippen molar-refractivity contribution in [3.8, 4) is 0 Å². The molecule has 1 heterocycles. The highest BCUT2D eigenvalue weighted by Gasteiger charge is 2.38. The number of aliphatic imine (C=N–C) groups is 1. The number of carbonyl (C=O) groups excluding carboxylic acids is 1. The first kappa shape index (κ1) is 23.0. The fourth-order valence-corrected chi connectivity index (χ4v) is 3.84. The molecule has 2 unspecified atom stereocenters. The van der Waals surface area contributed by atoms with E-state index in [0.29, 0.717) is 19.5 Å². The average molecular weight is 423 g/mol. The van der Waals surface area contributed by atoms with Gasteiger partial charge in [-0.3, -0.25) is 14.6 Å². The van der Waals surface area contributed by atoms with Gasteiger partial charge in [0.25, 0.3) is 0 Å². The van der Waals surface area contributed by atoms with E-state index in [2.05, 4.69) is 18.8 Å². The number of hydrogen-bond acceptors (Lipinski definition) is 5. The van der Waals surface area contributed by atoms with Gasteiger partial charge >= 0.3 is 0 Å². The summed E-state index contributed by atoms with van der Waals surface area (Å²) in [5.41, 5.74) is 9.58. The number of carbonyl (C=O) groups is 1. The fraction of sp³-hybridized carbons (Fsp3) is 0.440. The number of aliphatic hydroxyl groups excluding tert-OH is 1. The molecular weight excluding hydrogens is 388 g/mol. The molecule has 0 fully saturated rings. The van der Waals surface area contributed by atoms with Crippen LogP contribution in [-0.4, -0.2) is 39.4 Å². The number of nitrogens with zero attached hydrogens (tertiary/aromatic N) is 3. The molecule has 0 saturated heterocycles. The predicted octanol–water partition coefficient (Wildman–Crippen LogP) is 3.58. The summed E-state index contributed by atoms with van der Waals surface area (Å²) in [5, 5.41) is 11.0. The highest BCUT2D eigenvalue weighted by atomic mass is 16.3. The number of aliphatic hydroxyl groups is 1. The molecule has 6 heteroatoms. The summed E-state index contributed by atoms with van der Waals surface area (Å²) in [6.07, 6.45) is -0.417. The van der Waals surface area contributed by atoms with Gasteiger partial charge in [0.05, 0.1) is 18.5 Å². The Bertz CT molecular complexity index is 957. The third-order valence-electron chi connectivity index (χ3n) is 6.36. The molecule has 0 radical (unpaired) electrons. The van der Waals surface area contributed by atoms with Gasteiger partial charge in [-0.2, -0.15) is 0 Å². The van der Waals surface area contributed by atoms with E-state index in [1.165, 1.54) is 0 Å². The fourth-order valence-electron chi connectivity index (χ4n) is 3.84. The van der Waals surface area contributed by atoms with Gasteiger partial charge < -0.3 is 10.8 Å². The Labute approximate surface area is 185 Å². The molecule has 0 aromatic heterocycles. The molecule has 0 spiro atoms. The lowest BCUT2D eigenvalue weighted by Crippen LogP contribution is -2.51. The number of nitrogens with two attached hydrogens (primary N) is 1. The van der Waals surface area contributed by atoms with Crippen molar-refractivity contribution in [3.05, 3.63) is 70.8 Å². The van der Waals surface area contributed by atoms with Gasteiger partial charge in [-0.15, -0.1) is 0 Å². The topological polar surface area (TPSA) is 82.2 Å². The maximum atomic E-state index is 12.8. The lowest BCUT2D eigenvalue weighted by atomic mass is 9.84. The second-order valence-corrected chi connectivity index (χ2v) is 9.10. The van der Waals surface area contributed by atoms with Crippen molar-refractivity contribution in [2.45, 2.75) is 59.0 Å². The third kappa shape index (κ3) is 5.14. The molecule has 3 N–H and O–H groups in total. The zero-order valence-corrected chi connectivity index (χ0v) is 19.2. The van der Waals surface area contributed by atoms with Crippen LogP contribution in [0.25, 0.3) is 0 Å². The van der Waals surface area contributed by atoms with E-state index in [1.54, 1.807) is 4.90 Å². The molecule has 0 saturated carbocycles. The number of guanidine groups is 1. The van der Waals surface area contributed by atoms with Crippen LogP contribution in [0.15, 0.2) is 53.5 Å². The number of amides is 1. The first-order valence-corrected chi connectivity index (χ1v) is 10.8. The summed E-state index contributed by atoms with van der Waals surface area (Å²) in [7, 11) is 1.90. The van der Waals surface area contributed by atoms with Crippen molar-refractivity contribution in [2.75, 3.05) is 7.05 Å². The molecule has 3 rings (SSSR count). The largest absolute Gasteiger partial charge is 0.374 e. The van der Waals surface area contributed by atoms with Crippen LogP contribution in [0.3, 0.4) is 0 Å². The number of hydrogen-bond donors (Lipinski definition) is 2. The monoisotopic (exact) mass is 422 g/mol. The minimum atomic E-state index is -0.757. The number of aryl methyl sites for hydroxylation is 1. The number of benzene rings is 2. The van der Waals surface area contributed by atoms with E-state index in [-0.39, 0.29) is 17.8 Å². The van der Waals surface area contributed by atoms with E-state index < -0.39 is 11.8 Å². The first-order chi connectivity index (χ1) is 14.6. The molecule has 1 aliphatic rings. The van der Waals surface area contributed by atoms with Crippen LogP contribution in [0.4, 0.5) is 0 Å². The lowest BCUT2D eigenvalue weighted by molar-refractivity contribution is -0.130. The molecule has 166 valence electrons. The Morgan fingerprint density at radius 1 is 1.19 bits per heavy atom. The summed E-state index contributed by atoms with van der Waals surface area (Å²) >= 11 is 0. The summed E-state index contributed by atoms with van der Waals surface area (Å²) in [6.45, 7) is 9.03. The summed E-state index contributed by atoms with van der Waals surface area (Å²) in [6, 6.07) is 16.0. The van der Waals surface area contributed by atoms with E-state index in [9.17, 15) is 9.90 Å². The maximum Gasteiger partial charge on any atom is 0.232 e. The molecule has 2 aromatic rings. The van der Waals surface area contributed by atoms with Gasteiger partial charge in [0.15, 0.2) is 5.96 Å². The van der Waals surface area contributed by atoms with Crippen molar-refractivity contribution in [3.63, 3.8) is 0 Å². The van der Waals surface area contributed by atoms with Crippen molar-refractivity contribution in [1.82, 2.24) is 9.80 Å².